The molecule has 3 nitrogen and oxygen atoms in total. The molecule has 0 saturated heterocycles. The predicted molar refractivity (Wildman–Crippen MR) is 75.1 cm³/mol. The zero-order valence-corrected chi connectivity index (χ0v) is 11.5. The Morgan fingerprint density at radius 1 is 1.21 bits per heavy atom. The lowest BCUT2D eigenvalue weighted by Gasteiger charge is -2.14. The number of hydrogen-bond donors (Lipinski definition) is 2. The number of rotatable bonds is 8. The van der Waals surface area contributed by atoms with Gasteiger partial charge in [-0.3, -0.25) is 4.79 Å². The molecule has 4 heteroatoms. The van der Waals surface area contributed by atoms with Crippen molar-refractivity contribution in [3.05, 3.63) is 35.6 Å². The van der Waals surface area contributed by atoms with Crippen LogP contribution in [-0.4, -0.2) is 12.5 Å². The minimum Gasteiger partial charge on any atom is -0.350 e. The van der Waals surface area contributed by atoms with Gasteiger partial charge in [0.15, 0.2) is 0 Å². The number of hydrogen-bond acceptors (Lipinski definition) is 2. The van der Waals surface area contributed by atoms with Crippen LogP contribution in [0.25, 0.3) is 0 Å². The van der Waals surface area contributed by atoms with Gasteiger partial charge in [0.25, 0.3) is 0 Å². The molecule has 0 bridgehead atoms. The summed E-state index contributed by atoms with van der Waals surface area (Å²) in [5.41, 5.74) is 6.32. The number of unbranched alkanes of at least 4 members (excludes halogenated alkanes) is 3. The highest BCUT2D eigenvalue weighted by molar-refractivity contribution is 5.76. The summed E-state index contributed by atoms with van der Waals surface area (Å²) in [5, 5.41) is 2.92. The Morgan fingerprint density at radius 2 is 1.84 bits per heavy atom. The topological polar surface area (TPSA) is 55.1 Å². The Kier molecular flexibility index (Phi) is 7.11. The van der Waals surface area contributed by atoms with E-state index in [0.29, 0.717) is 13.0 Å². The first kappa shape index (κ1) is 15.6. The van der Waals surface area contributed by atoms with Gasteiger partial charge in [0.2, 0.25) is 5.91 Å². The van der Waals surface area contributed by atoms with E-state index in [1.54, 1.807) is 12.1 Å². The number of carbonyl (C=O) groups excluding carboxylic acids is 1. The minimum absolute atomic E-state index is 0.0459. The maximum absolute atomic E-state index is 12.8. The molecule has 0 aliphatic rings. The SMILES string of the molecule is CC(NC(=O)CCCCCCN)c1ccc(F)cc1. The van der Waals surface area contributed by atoms with E-state index in [9.17, 15) is 9.18 Å². The van der Waals surface area contributed by atoms with Gasteiger partial charge in [0.05, 0.1) is 6.04 Å². The van der Waals surface area contributed by atoms with Crippen molar-refractivity contribution in [2.75, 3.05) is 6.54 Å². The first-order valence-electron chi connectivity index (χ1n) is 6.88. The van der Waals surface area contributed by atoms with Crippen molar-refractivity contribution >= 4 is 5.91 Å². The van der Waals surface area contributed by atoms with Gasteiger partial charge in [-0.2, -0.15) is 0 Å². The summed E-state index contributed by atoms with van der Waals surface area (Å²) >= 11 is 0. The quantitative estimate of drug-likeness (QED) is 0.711. The minimum atomic E-state index is -0.262. The molecule has 0 aliphatic heterocycles. The van der Waals surface area contributed by atoms with Crippen molar-refractivity contribution in [1.29, 1.82) is 0 Å². The van der Waals surface area contributed by atoms with Gasteiger partial charge in [-0.25, -0.2) is 4.39 Å². The van der Waals surface area contributed by atoms with E-state index in [2.05, 4.69) is 5.32 Å². The lowest BCUT2D eigenvalue weighted by Crippen LogP contribution is -2.26. The molecule has 0 aliphatic carbocycles. The van der Waals surface area contributed by atoms with Crippen LogP contribution >= 0.6 is 0 Å². The Hall–Kier alpha value is -1.42. The van der Waals surface area contributed by atoms with Crippen molar-refractivity contribution in [1.82, 2.24) is 5.32 Å². The van der Waals surface area contributed by atoms with Gasteiger partial charge < -0.3 is 11.1 Å². The molecule has 0 heterocycles. The van der Waals surface area contributed by atoms with E-state index in [4.69, 9.17) is 5.73 Å². The third kappa shape index (κ3) is 6.34. The van der Waals surface area contributed by atoms with Crippen LogP contribution in [-0.2, 0) is 4.79 Å². The van der Waals surface area contributed by atoms with Crippen LogP contribution in [0, 0.1) is 5.82 Å². The van der Waals surface area contributed by atoms with Gasteiger partial charge in [-0.05, 0) is 44.0 Å². The fourth-order valence-electron chi connectivity index (χ4n) is 1.93. The van der Waals surface area contributed by atoms with Crippen LogP contribution < -0.4 is 11.1 Å². The van der Waals surface area contributed by atoms with Crippen molar-refractivity contribution < 1.29 is 9.18 Å². The molecular formula is C15H23FN2O. The molecule has 1 aromatic carbocycles. The monoisotopic (exact) mass is 266 g/mol. The summed E-state index contributed by atoms with van der Waals surface area (Å²) in [6.07, 6.45) is 4.57. The normalized spacial score (nSPS) is 12.2. The van der Waals surface area contributed by atoms with Gasteiger partial charge >= 0.3 is 0 Å². The van der Waals surface area contributed by atoms with Crippen molar-refractivity contribution in [3.63, 3.8) is 0 Å². The summed E-state index contributed by atoms with van der Waals surface area (Å²) in [6.45, 7) is 2.62. The Labute approximate surface area is 114 Å². The van der Waals surface area contributed by atoms with E-state index in [0.717, 1.165) is 31.2 Å². The first-order chi connectivity index (χ1) is 9.13. The highest BCUT2D eigenvalue weighted by Crippen LogP contribution is 2.13. The number of halogens is 1. The molecule has 3 N–H and O–H groups in total. The van der Waals surface area contributed by atoms with Crippen molar-refractivity contribution in [2.24, 2.45) is 5.73 Å². The van der Waals surface area contributed by atoms with Crippen LogP contribution in [0.2, 0.25) is 0 Å². The highest BCUT2D eigenvalue weighted by Gasteiger charge is 2.09. The van der Waals surface area contributed by atoms with E-state index >= 15 is 0 Å². The Bertz CT molecular complexity index is 378. The molecule has 0 saturated carbocycles. The van der Waals surface area contributed by atoms with Gasteiger partial charge in [0.1, 0.15) is 5.82 Å². The second-order valence-electron chi connectivity index (χ2n) is 4.79. The molecule has 1 amide bonds. The molecule has 0 fully saturated rings. The third-order valence-corrected chi connectivity index (χ3v) is 3.11. The molecule has 0 spiro atoms. The van der Waals surface area contributed by atoms with Gasteiger partial charge in [-0.15, -0.1) is 0 Å². The molecule has 19 heavy (non-hydrogen) atoms. The molecule has 106 valence electrons. The summed E-state index contributed by atoms with van der Waals surface area (Å²) in [7, 11) is 0. The Balaban J connectivity index is 2.26. The van der Waals surface area contributed by atoms with Crippen LogP contribution in [0.4, 0.5) is 4.39 Å². The first-order valence-corrected chi connectivity index (χ1v) is 6.88. The van der Waals surface area contributed by atoms with Crippen molar-refractivity contribution in [3.8, 4) is 0 Å². The maximum atomic E-state index is 12.8. The van der Waals surface area contributed by atoms with E-state index in [1.807, 2.05) is 6.92 Å². The van der Waals surface area contributed by atoms with E-state index in [1.165, 1.54) is 12.1 Å². The van der Waals surface area contributed by atoms with Crippen LogP contribution in [0.3, 0.4) is 0 Å². The lowest BCUT2D eigenvalue weighted by atomic mass is 10.1. The zero-order valence-electron chi connectivity index (χ0n) is 11.5. The number of nitrogens with two attached hydrogens (primary N) is 1. The van der Waals surface area contributed by atoms with Crippen LogP contribution in [0.15, 0.2) is 24.3 Å². The smallest absolute Gasteiger partial charge is 0.220 e. The molecule has 1 atom stereocenters. The number of amides is 1. The summed E-state index contributed by atoms with van der Waals surface area (Å²) in [4.78, 5) is 11.7. The molecule has 0 radical (unpaired) electrons. The van der Waals surface area contributed by atoms with Crippen LogP contribution in [0.1, 0.15) is 50.6 Å². The summed E-state index contributed by atoms with van der Waals surface area (Å²) in [6, 6.07) is 6.12. The van der Waals surface area contributed by atoms with E-state index in [-0.39, 0.29) is 17.8 Å². The highest BCUT2D eigenvalue weighted by atomic mass is 19.1. The molecule has 1 aromatic rings. The average molecular weight is 266 g/mol. The fraction of sp³-hybridized carbons (Fsp3) is 0.533. The standard InChI is InChI=1S/C15H23FN2O/c1-12(13-7-9-14(16)10-8-13)18-15(19)6-4-2-3-5-11-17/h7-10,12H,2-6,11,17H2,1H3,(H,18,19). The van der Waals surface area contributed by atoms with E-state index < -0.39 is 0 Å². The fourth-order valence-corrected chi connectivity index (χ4v) is 1.93. The second kappa shape index (κ2) is 8.64. The predicted octanol–water partition coefficient (Wildman–Crippen LogP) is 2.91. The number of carbonyl (C=O) groups is 1. The van der Waals surface area contributed by atoms with Gasteiger partial charge in [-0.1, -0.05) is 25.0 Å². The van der Waals surface area contributed by atoms with Crippen molar-refractivity contribution in [2.45, 2.75) is 45.1 Å². The molecule has 1 unspecified atom stereocenters. The number of nitrogens with one attached hydrogen (secondary N) is 1. The average Bonchev–Trinajstić information content (AvgIpc) is 2.39. The molecule has 0 aromatic heterocycles. The summed E-state index contributed by atoms with van der Waals surface area (Å²) in [5.74, 6) is -0.216. The van der Waals surface area contributed by atoms with Crippen LogP contribution in [0.5, 0.6) is 0 Å². The molecule has 1 rings (SSSR count). The second-order valence-corrected chi connectivity index (χ2v) is 4.79. The third-order valence-electron chi connectivity index (χ3n) is 3.11. The lowest BCUT2D eigenvalue weighted by molar-refractivity contribution is -0.121. The number of benzene rings is 1. The maximum Gasteiger partial charge on any atom is 0.220 e. The summed E-state index contributed by atoms with van der Waals surface area (Å²) < 4.78 is 12.8. The molecular weight excluding hydrogens is 243 g/mol. The largest absolute Gasteiger partial charge is 0.350 e. The van der Waals surface area contributed by atoms with Gasteiger partial charge in [0, 0.05) is 6.42 Å². The Morgan fingerprint density at radius 3 is 2.47 bits per heavy atom. The zero-order chi connectivity index (χ0) is 14.1.